The van der Waals surface area contributed by atoms with Crippen LogP contribution in [0.4, 0.5) is 0 Å². The summed E-state index contributed by atoms with van der Waals surface area (Å²) in [5.41, 5.74) is 3.25. The largest absolute Gasteiger partial charge is 0.379 e. The van der Waals surface area contributed by atoms with Crippen molar-refractivity contribution in [2.75, 3.05) is 39.4 Å². The van der Waals surface area contributed by atoms with Crippen LogP contribution in [0.3, 0.4) is 0 Å². The minimum Gasteiger partial charge on any atom is -0.379 e. The van der Waals surface area contributed by atoms with Crippen LogP contribution in [0.25, 0.3) is 0 Å². The third-order valence-corrected chi connectivity index (χ3v) is 8.38. The van der Waals surface area contributed by atoms with E-state index in [4.69, 9.17) is 4.74 Å². The van der Waals surface area contributed by atoms with Crippen molar-refractivity contribution in [1.82, 2.24) is 14.5 Å². The van der Waals surface area contributed by atoms with Gasteiger partial charge in [-0.25, -0.2) is 8.42 Å². The highest BCUT2D eigenvalue weighted by Gasteiger charge is 2.28. The number of rotatable bonds is 7. The molecule has 0 bridgehead atoms. The van der Waals surface area contributed by atoms with Gasteiger partial charge in [0.25, 0.3) is 5.91 Å². The molecule has 0 aliphatic carbocycles. The van der Waals surface area contributed by atoms with Crippen LogP contribution < -0.4 is 5.32 Å². The number of amides is 1. The number of carbonyl (C=O) groups is 1. The Morgan fingerprint density at radius 3 is 2.45 bits per heavy atom. The molecule has 2 saturated heterocycles. The molecule has 0 unspecified atom stereocenters. The van der Waals surface area contributed by atoms with Gasteiger partial charge in [0.15, 0.2) is 0 Å². The molecule has 7 nitrogen and oxygen atoms in total. The number of piperidine rings is 1. The number of likely N-dealkylation sites (tertiary alicyclic amines) is 1. The Labute approximate surface area is 196 Å². The summed E-state index contributed by atoms with van der Waals surface area (Å²) < 4.78 is 32.9. The molecule has 1 N–H and O–H groups in total. The van der Waals surface area contributed by atoms with E-state index in [1.165, 1.54) is 35.2 Å². The lowest BCUT2D eigenvalue weighted by atomic mass is 10.1. The first kappa shape index (κ1) is 23.9. The van der Waals surface area contributed by atoms with E-state index < -0.39 is 10.0 Å². The molecule has 33 heavy (non-hydrogen) atoms. The van der Waals surface area contributed by atoms with Crippen LogP contribution in [0.2, 0.25) is 0 Å². The zero-order valence-corrected chi connectivity index (χ0v) is 20.1. The van der Waals surface area contributed by atoms with Gasteiger partial charge in [0.05, 0.1) is 18.1 Å². The highest BCUT2D eigenvalue weighted by Crippen LogP contribution is 2.22. The first-order valence-corrected chi connectivity index (χ1v) is 13.1. The molecular formula is C25H33N3O4S. The molecule has 2 aliphatic heterocycles. The number of nitrogens with zero attached hydrogens (tertiary/aromatic N) is 2. The Bertz CT molecular complexity index is 1070. The fourth-order valence-corrected chi connectivity index (χ4v) is 6.10. The van der Waals surface area contributed by atoms with Gasteiger partial charge in [-0.3, -0.25) is 9.69 Å². The zero-order valence-electron chi connectivity index (χ0n) is 19.3. The highest BCUT2D eigenvalue weighted by atomic mass is 32.2. The second-order valence-corrected chi connectivity index (χ2v) is 10.7. The first-order valence-electron chi connectivity index (χ1n) is 11.7. The fourth-order valence-electron chi connectivity index (χ4n) is 4.44. The van der Waals surface area contributed by atoms with Crippen molar-refractivity contribution in [2.45, 2.75) is 44.2 Å². The number of morpholine rings is 1. The lowest BCUT2D eigenvalue weighted by molar-refractivity contribution is 0.0730. The van der Waals surface area contributed by atoms with Crippen molar-refractivity contribution in [3.8, 4) is 0 Å². The number of carbonyl (C=O) groups excluding carboxylic acids is 1. The molecule has 0 saturated carbocycles. The van der Waals surface area contributed by atoms with E-state index in [-0.39, 0.29) is 10.8 Å². The molecule has 1 amide bonds. The van der Waals surface area contributed by atoms with Crippen LogP contribution in [0.5, 0.6) is 0 Å². The number of nitrogens with one attached hydrogen (secondary N) is 1. The van der Waals surface area contributed by atoms with Crippen LogP contribution >= 0.6 is 0 Å². The smallest absolute Gasteiger partial charge is 0.251 e. The summed E-state index contributed by atoms with van der Waals surface area (Å²) in [6, 6.07) is 13.2. The molecule has 0 aromatic heterocycles. The van der Waals surface area contributed by atoms with E-state index in [1.807, 2.05) is 12.1 Å². The molecule has 0 atom stereocenters. The van der Waals surface area contributed by atoms with Crippen molar-refractivity contribution < 1.29 is 17.9 Å². The van der Waals surface area contributed by atoms with Crippen molar-refractivity contribution >= 4 is 15.9 Å². The molecule has 0 spiro atoms. The summed E-state index contributed by atoms with van der Waals surface area (Å²) >= 11 is 0. The Morgan fingerprint density at radius 1 is 0.970 bits per heavy atom. The zero-order chi connectivity index (χ0) is 23.3. The molecule has 2 fully saturated rings. The normalized spacial score (nSPS) is 18.2. The van der Waals surface area contributed by atoms with E-state index in [2.05, 4.69) is 22.3 Å². The van der Waals surface area contributed by atoms with Gasteiger partial charge in [0.1, 0.15) is 0 Å². The van der Waals surface area contributed by atoms with E-state index in [9.17, 15) is 13.2 Å². The lowest BCUT2D eigenvalue weighted by Crippen LogP contribution is -2.41. The van der Waals surface area contributed by atoms with Gasteiger partial charge in [-0.15, -0.1) is 0 Å². The summed E-state index contributed by atoms with van der Waals surface area (Å²) in [5, 5.41) is 2.94. The molecule has 2 aliphatic rings. The topological polar surface area (TPSA) is 79.0 Å². The molecule has 2 aromatic rings. The minimum absolute atomic E-state index is 0.181. The van der Waals surface area contributed by atoms with Crippen molar-refractivity contribution in [1.29, 1.82) is 0 Å². The second-order valence-electron chi connectivity index (χ2n) is 8.84. The van der Waals surface area contributed by atoms with Gasteiger partial charge < -0.3 is 10.1 Å². The van der Waals surface area contributed by atoms with Crippen LogP contribution in [-0.2, 0) is 27.8 Å². The van der Waals surface area contributed by atoms with E-state index in [1.54, 1.807) is 19.1 Å². The summed E-state index contributed by atoms with van der Waals surface area (Å²) in [6.07, 6.45) is 3.84. The quantitative estimate of drug-likeness (QED) is 0.672. The van der Waals surface area contributed by atoms with Crippen molar-refractivity contribution in [2.24, 2.45) is 0 Å². The maximum absolute atomic E-state index is 13.1. The summed E-state index contributed by atoms with van der Waals surface area (Å²) in [5.74, 6) is -0.283. The number of benzene rings is 2. The predicted molar refractivity (Wildman–Crippen MR) is 127 cm³/mol. The summed E-state index contributed by atoms with van der Waals surface area (Å²) in [6.45, 7) is 6.79. The van der Waals surface area contributed by atoms with Crippen LogP contribution in [0.15, 0.2) is 47.4 Å². The maximum atomic E-state index is 13.1. The fraction of sp³-hybridized carbons (Fsp3) is 0.480. The Morgan fingerprint density at radius 2 is 1.70 bits per heavy atom. The van der Waals surface area contributed by atoms with E-state index >= 15 is 0 Å². The number of aryl methyl sites for hydroxylation is 1. The maximum Gasteiger partial charge on any atom is 0.251 e. The Balaban J connectivity index is 1.42. The van der Waals surface area contributed by atoms with Crippen LogP contribution in [-0.4, -0.2) is 62.9 Å². The average Bonchev–Trinajstić information content (AvgIpc) is 2.84. The number of sulfonamides is 1. The minimum atomic E-state index is -3.67. The van der Waals surface area contributed by atoms with Gasteiger partial charge in [0.2, 0.25) is 10.0 Å². The first-order chi connectivity index (χ1) is 15.9. The molecule has 2 heterocycles. The summed E-state index contributed by atoms with van der Waals surface area (Å²) in [7, 11) is -3.67. The molecule has 2 aromatic carbocycles. The monoisotopic (exact) mass is 471 g/mol. The van der Waals surface area contributed by atoms with Gasteiger partial charge in [-0.2, -0.15) is 4.31 Å². The van der Waals surface area contributed by atoms with Crippen molar-refractivity contribution in [3.05, 3.63) is 64.7 Å². The molecule has 4 rings (SSSR count). The second kappa shape index (κ2) is 10.8. The van der Waals surface area contributed by atoms with Gasteiger partial charge in [0, 0.05) is 31.7 Å². The third-order valence-electron chi connectivity index (χ3n) is 6.34. The number of ether oxygens (including phenoxy) is 1. The Kier molecular flexibility index (Phi) is 7.80. The Hall–Kier alpha value is -2.26. The molecule has 8 heteroatoms. The van der Waals surface area contributed by atoms with Crippen molar-refractivity contribution in [3.63, 3.8) is 0 Å². The molecule has 0 radical (unpaired) electrons. The molecular weight excluding hydrogens is 438 g/mol. The lowest BCUT2D eigenvalue weighted by Gasteiger charge is -2.26. The number of hydrogen-bond acceptors (Lipinski definition) is 5. The van der Waals surface area contributed by atoms with Gasteiger partial charge >= 0.3 is 0 Å². The third kappa shape index (κ3) is 6.00. The van der Waals surface area contributed by atoms with Gasteiger partial charge in [-0.1, -0.05) is 36.8 Å². The number of hydrogen-bond donors (Lipinski definition) is 1. The van der Waals surface area contributed by atoms with Gasteiger partial charge in [-0.05, 0) is 61.7 Å². The SMILES string of the molecule is Cc1ccc(C(=O)NCc2cccc(CN3CCCCC3)c2)cc1S(=O)(=O)N1CCOCC1. The molecule has 178 valence electrons. The highest BCUT2D eigenvalue weighted by molar-refractivity contribution is 7.89. The predicted octanol–water partition coefficient (Wildman–Crippen LogP) is 2.93. The standard InChI is InChI=1S/C25H33N3O4S/c1-20-8-9-23(17-24(20)33(30,31)28-12-14-32-15-13-28)25(29)26-18-21-6-5-7-22(16-21)19-27-10-3-2-4-11-27/h5-9,16-17H,2-4,10-15,18-19H2,1H3,(H,26,29). The van der Waals surface area contributed by atoms with E-state index in [0.717, 1.165) is 25.2 Å². The van der Waals surface area contributed by atoms with Crippen LogP contribution in [0, 0.1) is 6.92 Å². The average molecular weight is 472 g/mol. The van der Waals surface area contributed by atoms with E-state index in [0.29, 0.717) is 44.0 Å². The van der Waals surface area contributed by atoms with Crippen LogP contribution in [0.1, 0.15) is 46.3 Å². The summed E-state index contributed by atoms with van der Waals surface area (Å²) in [4.78, 5) is 15.5.